The molecule has 2 rings (SSSR count). The molecular weight excluding hydrogens is 262 g/mol. The first kappa shape index (κ1) is 16.0. The fourth-order valence-corrected chi connectivity index (χ4v) is 4.54. The first-order valence-corrected chi connectivity index (χ1v) is 9.49. The molecule has 1 aromatic heterocycles. The lowest BCUT2D eigenvalue weighted by molar-refractivity contribution is 0.160. The zero-order chi connectivity index (χ0) is 14.2. The van der Waals surface area contributed by atoms with E-state index < -0.39 is 0 Å². The van der Waals surface area contributed by atoms with Gasteiger partial charge in [0.1, 0.15) is 0 Å². The second kappa shape index (κ2) is 8.84. The van der Waals surface area contributed by atoms with Crippen LogP contribution in [0.25, 0.3) is 0 Å². The Morgan fingerprint density at radius 1 is 1.20 bits per heavy atom. The van der Waals surface area contributed by atoms with Gasteiger partial charge in [-0.3, -0.25) is 0 Å². The van der Waals surface area contributed by atoms with Crippen LogP contribution in [0.2, 0.25) is 0 Å². The molecule has 3 unspecified atom stereocenters. The largest absolute Gasteiger partial charge is 0.317 e. The Balaban J connectivity index is 1.86. The lowest BCUT2D eigenvalue weighted by atomic mass is 9.71. The van der Waals surface area contributed by atoms with Gasteiger partial charge in [0.15, 0.2) is 0 Å². The van der Waals surface area contributed by atoms with Crippen LogP contribution in [0.15, 0.2) is 16.8 Å². The predicted octanol–water partition coefficient (Wildman–Crippen LogP) is 5.12. The molecule has 20 heavy (non-hydrogen) atoms. The van der Waals surface area contributed by atoms with E-state index in [-0.39, 0.29) is 0 Å². The van der Waals surface area contributed by atoms with E-state index in [1.165, 1.54) is 51.5 Å². The van der Waals surface area contributed by atoms with Crippen LogP contribution in [0.3, 0.4) is 0 Å². The topological polar surface area (TPSA) is 12.0 Å². The molecule has 1 heterocycles. The number of nitrogens with one attached hydrogen (secondary N) is 1. The fraction of sp³-hybridized carbons (Fsp3) is 0.778. The zero-order valence-corrected chi connectivity index (χ0v) is 14.1. The van der Waals surface area contributed by atoms with Crippen molar-refractivity contribution in [2.45, 2.75) is 58.8 Å². The Morgan fingerprint density at radius 3 is 2.80 bits per heavy atom. The number of hydrogen-bond donors (Lipinski definition) is 1. The van der Waals surface area contributed by atoms with E-state index in [1.807, 2.05) is 11.3 Å². The molecule has 1 aromatic rings. The van der Waals surface area contributed by atoms with Gasteiger partial charge in [0.05, 0.1) is 0 Å². The maximum absolute atomic E-state index is 3.59. The van der Waals surface area contributed by atoms with E-state index in [0.29, 0.717) is 0 Å². The van der Waals surface area contributed by atoms with Crippen LogP contribution >= 0.6 is 11.3 Å². The normalized spacial score (nSPS) is 26.8. The van der Waals surface area contributed by atoms with Gasteiger partial charge in [-0.2, -0.15) is 11.3 Å². The summed E-state index contributed by atoms with van der Waals surface area (Å²) in [5.41, 5.74) is 1.55. The molecular formula is C18H31NS. The number of aryl methyl sites for hydroxylation is 1. The van der Waals surface area contributed by atoms with Crippen LogP contribution < -0.4 is 5.32 Å². The summed E-state index contributed by atoms with van der Waals surface area (Å²) in [6, 6.07) is 2.30. The van der Waals surface area contributed by atoms with E-state index in [4.69, 9.17) is 0 Å². The zero-order valence-electron chi connectivity index (χ0n) is 13.2. The maximum atomic E-state index is 3.59. The van der Waals surface area contributed by atoms with Crippen LogP contribution in [-0.2, 0) is 6.42 Å². The number of thiophene rings is 1. The van der Waals surface area contributed by atoms with Crippen molar-refractivity contribution in [3.63, 3.8) is 0 Å². The van der Waals surface area contributed by atoms with Crippen molar-refractivity contribution in [3.05, 3.63) is 22.4 Å². The minimum atomic E-state index is 0.918. The van der Waals surface area contributed by atoms with Gasteiger partial charge in [0, 0.05) is 0 Å². The fourth-order valence-electron chi connectivity index (χ4n) is 3.83. The molecule has 1 nitrogen and oxygen atoms in total. The predicted molar refractivity (Wildman–Crippen MR) is 90.4 cm³/mol. The lowest BCUT2D eigenvalue weighted by Crippen LogP contribution is -2.33. The highest BCUT2D eigenvalue weighted by Gasteiger charge is 2.29. The second-order valence-corrected chi connectivity index (χ2v) is 7.25. The van der Waals surface area contributed by atoms with Gasteiger partial charge < -0.3 is 5.32 Å². The molecule has 0 aliphatic heterocycles. The molecule has 1 N–H and O–H groups in total. The average molecular weight is 294 g/mol. The minimum Gasteiger partial charge on any atom is -0.317 e. The van der Waals surface area contributed by atoms with Crippen molar-refractivity contribution in [1.29, 1.82) is 0 Å². The Hall–Kier alpha value is -0.340. The third kappa shape index (κ3) is 4.89. The molecule has 1 aliphatic rings. The molecule has 0 bridgehead atoms. The van der Waals surface area contributed by atoms with Gasteiger partial charge in [-0.1, -0.05) is 33.1 Å². The Bertz CT molecular complexity index is 346. The van der Waals surface area contributed by atoms with Gasteiger partial charge in [-0.15, -0.1) is 0 Å². The van der Waals surface area contributed by atoms with Crippen molar-refractivity contribution in [3.8, 4) is 0 Å². The third-order valence-corrected chi connectivity index (χ3v) is 5.72. The van der Waals surface area contributed by atoms with Gasteiger partial charge in [-0.25, -0.2) is 0 Å². The lowest BCUT2D eigenvalue weighted by Gasteiger charge is -2.36. The summed E-state index contributed by atoms with van der Waals surface area (Å²) in [4.78, 5) is 0. The summed E-state index contributed by atoms with van der Waals surface area (Å²) < 4.78 is 0. The van der Waals surface area contributed by atoms with Gasteiger partial charge in [-0.05, 0) is 78.9 Å². The van der Waals surface area contributed by atoms with Crippen LogP contribution in [0.4, 0.5) is 0 Å². The summed E-state index contributed by atoms with van der Waals surface area (Å²) in [6.45, 7) is 6.92. The van der Waals surface area contributed by atoms with Gasteiger partial charge in [0.25, 0.3) is 0 Å². The molecule has 1 fully saturated rings. The Kier molecular flexibility index (Phi) is 7.09. The summed E-state index contributed by atoms with van der Waals surface area (Å²) in [5.74, 6) is 2.87. The monoisotopic (exact) mass is 293 g/mol. The highest BCUT2D eigenvalue weighted by atomic mass is 32.1. The van der Waals surface area contributed by atoms with E-state index in [0.717, 1.165) is 24.3 Å². The third-order valence-electron chi connectivity index (χ3n) is 4.99. The van der Waals surface area contributed by atoms with Crippen LogP contribution in [-0.4, -0.2) is 13.1 Å². The van der Waals surface area contributed by atoms with Crippen molar-refractivity contribution in [2.24, 2.45) is 17.8 Å². The first-order valence-electron chi connectivity index (χ1n) is 8.55. The standard InChI is InChI=1S/C18H31NS/c1-3-5-15-6-9-18(13-19-4-2)17(12-15)8-7-16-10-11-20-14-16/h10-11,14-15,17-19H,3-9,12-13H2,1-2H3. The Morgan fingerprint density at radius 2 is 2.10 bits per heavy atom. The molecule has 0 amide bonds. The minimum absolute atomic E-state index is 0.918. The summed E-state index contributed by atoms with van der Waals surface area (Å²) in [7, 11) is 0. The van der Waals surface area contributed by atoms with Crippen molar-refractivity contribution < 1.29 is 0 Å². The highest BCUT2D eigenvalue weighted by Crippen LogP contribution is 2.38. The van der Waals surface area contributed by atoms with E-state index >= 15 is 0 Å². The SMILES string of the molecule is CCCC1CCC(CNCC)C(CCc2ccsc2)C1. The van der Waals surface area contributed by atoms with E-state index in [1.54, 1.807) is 5.56 Å². The summed E-state index contributed by atoms with van der Waals surface area (Å²) in [6.07, 6.45) is 9.89. The van der Waals surface area contributed by atoms with Gasteiger partial charge >= 0.3 is 0 Å². The van der Waals surface area contributed by atoms with Crippen molar-refractivity contribution in [2.75, 3.05) is 13.1 Å². The summed E-state index contributed by atoms with van der Waals surface area (Å²) in [5, 5.41) is 8.13. The van der Waals surface area contributed by atoms with Crippen molar-refractivity contribution in [1.82, 2.24) is 5.32 Å². The molecule has 3 atom stereocenters. The molecule has 1 aliphatic carbocycles. The number of rotatable bonds is 8. The molecule has 1 saturated carbocycles. The van der Waals surface area contributed by atoms with E-state index in [9.17, 15) is 0 Å². The van der Waals surface area contributed by atoms with Crippen LogP contribution in [0.5, 0.6) is 0 Å². The van der Waals surface area contributed by atoms with Gasteiger partial charge in [0.2, 0.25) is 0 Å². The molecule has 0 spiro atoms. The second-order valence-electron chi connectivity index (χ2n) is 6.47. The molecule has 0 aromatic carbocycles. The number of hydrogen-bond acceptors (Lipinski definition) is 2. The average Bonchev–Trinajstić information content (AvgIpc) is 2.97. The molecule has 0 saturated heterocycles. The summed E-state index contributed by atoms with van der Waals surface area (Å²) >= 11 is 1.84. The molecule has 0 radical (unpaired) electrons. The quantitative estimate of drug-likeness (QED) is 0.701. The highest BCUT2D eigenvalue weighted by molar-refractivity contribution is 7.07. The Labute approximate surface area is 129 Å². The smallest absolute Gasteiger partial charge is 0.00180 e. The van der Waals surface area contributed by atoms with Crippen LogP contribution in [0, 0.1) is 17.8 Å². The van der Waals surface area contributed by atoms with Crippen molar-refractivity contribution >= 4 is 11.3 Å². The maximum Gasteiger partial charge on any atom is -0.00180 e. The molecule has 2 heteroatoms. The first-order chi connectivity index (χ1) is 9.83. The molecule has 114 valence electrons. The van der Waals surface area contributed by atoms with E-state index in [2.05, 4.69) is 36.0 Å². The van der Waals surface area contributed by atoms with Crippen LogP contribution in [0.1, 0.15) is 57.9 Å².